The Morgan fingerprint density at radius 2 is 1.90 bits per heavy atom. The third-order valence-corrected chi connectivity index (χ3v) is 4.46. The van der Waals surface area contributed by atoms with Crippen LogP contribution in [0.25, 0.3) is 0 Å². The van der Waals surface area contributed by atoms with E-state index in [1.807, 2.05) is 6.07 Å². The van der Waals surface area contributed by atoms with E-state index in [2.05, 4.69) is 17.3 Å². The van der Waals surface area contributed by atoms with Crippen LogP contribution in [0.2, 0.25) is 10.0 Å². The normalized spacial score (nSPS) is 17.1. The standard InChI is InChI=1S/C15H20Cl2N2O/c1-19-9-7-11(8-10-19)18-15(20)6-5-12-13(16)3-2-4-14(12)17/h2-4,11H,5-10H2,1H3,(H,18,20). The van der Waals surface area contributed by atoms with Gasteiger partial charge in [-0.15, -0.1) is 0 Å². The number of amides is 1. The maximum atomic E-state index is 12.0. The first kappa shape index (κ1) is 15.6. The van der Waals surface area contributed by atoms with Crippen LogP contribution in [0.1, 0.15) is 24.8 Å². The molecule has 3 nitrogen and oxygen atoms in total. The lowest BCUT2D eigenvalue weighted by Crippen LogP contribution is -2.43. The molecule has 1 amide bonds. The fourth-order valence-electron chi connectivity index (χ4n) is 2.46. The van der Waals surface area contributed by atoms with E-state index in [9.17, 15) is 4.79 Å². The van der Waals surface area contributed by atoms with Gasteiger partial charge in [-0.1, -0.05) is 29.3 Å². The van der Waals surface area contributed by atoms with E-state index in [4.69, 9.17) is 23.2 Å². The summed E-state index contributed by atoms with van der Waals surface area (Å²) in [4.78, 5) is 14.3. The zero-order chi connectivity index (χ0) is 14.5. The van der Waals surface area contributed by atoms with Crippen LogP contribution in [0.4, 0.5) is 0 Å². The molecule has 1 aromatic rings. The number of nitrogens with zero attached hydrogens (tertiary/aromatic N) is 1. The van der Waals surface area contributed by atoms with Crippen molar-refractivity contribution in [3.8, 4) is 0 Å². The third-order valence-electron chi connectivity index (χ3n) is 3.75. The van der Waals surface area contributed by atoms with E-state index >= 15 is 0 Å². The topological polar surface area (TPSA) is 32.3 Å². The summed E-state index contributed by atoms with van der Waals surface area (Å²) in [5, 5.41) is 4.36. The van der Waals surface area contributed by atoms with Crippen LogP contribution in [0.15, 0.2) is 18.2 Å². The molecule has 0 spiro atoms. The second kappa shape index (κ2) is 7.30. The van der Waals surface area contributed by atoms with Gasteiger partial charge in [0.15, 0.2) is 0 Å². The van der Waals surface area contributed by atoms with Gasteiger partial charge in [0.25, 0.3) is 0 Å². The molecule has 0 unspecified atom stereocenters. The van der Waals surface area contributed by atoms with Crippen molar-refractivity contribution in [2.24, 2.45) is 0 Å². The number of carbonyl (C=O) groups is 1. The van der Waals surface area contributed by atoms with Crippen molar-refractivity contribution in [3.05, 3.63) is 33.8 Å². The number of hydrogen-bond donors (Lipinski definition) is 1. The quantitative estimate of drug-likeness (QED) is 0.926. The van der Waals surface area contributed by atoms with E-state index in [-0.39, 0.29) is 5.91 Å². The van der Waals surface area contributed by atoms with Crippen LogP contribution in [0.3, 0.4) is 0 Å². The summed E-state index contributed by atoms with van der Waals surface area (Å²) in [5.74, 6) is 0.0792. The minimum atomic E-state index is 0.0792. The lowest BCUT2D eigenvalue weighted by Gasteiger charge is -2.29. The molecule has 1 aromatic carbocycles. The van der Waals surface area contributed by atoms with Crippen LogP contribution >= 0.6 is 23.2 Å². The molecule has 20 heavy (non-hydrogen) atoms. The number of rotatable bonds is 4. The Morgan fingerprint density at radius 3 is 2.50 bits per heavy atom. The molecule has 1 aliphatic heterocycles. The summed E-state index contributed by atoms with van der Waals surface area (Å²) in [6.45, 7) is 2.09. The van der Waals surface area contributed by atoms with Gasteiger partial charge in [0.05, 0.1) is 0 Å². The van der Waals surface area contributed by atoms with Crippen LogP contribution in [-0.4, -0.2) is 37.0 Å². The summed E-state index contributed by atoms with van der Waals surface area (Å²) >= 11 is 12.2. The third kappa shape index (κ3) is 4.37. The highest BCUT2D eigenvalue weighted by Crippen LogP contribution is 2.25. The lowest BCUT2D eigenvalue weighted by molar-refractivity contribution is -0.122. The first-order valence-electron chi connectivity index (χ1n) is 6.97. The van der Waals surface area contributed by atoms with E-state index in [1.54, 1.807) is 12.1 Å². The largest absolute Gasteiger partial charge is 0.353 e. The fourth-order valence-corrected chi connectivity index (χ4v) is 3.05. The van der Waals surface area contributed by atoms with Gasteiger partial charge in [-0.25, -0.2) is 0 Å². The van der Waals surface area contributed by atoms with Crippen LogP contribution in [-0.2, 0) is 11.2 Å². The Kier molecular flexibility index (Phi) is 5.70. The van der Waals surface area contributed by atoms with Crippen molar-refractivity contribution < 1.29 is 4.79 Å². The Hall–Kier alpha value is -0.770. The minimum absolute atomic E-state index is 0.0792. The van der Waals surface area contributed by atoms with Gasteiger partial charge in [-0.3, -0.25) is 4.79 Å². The van der Waals surface area contributed by atoms with E-state index in [1.165, 1.54) is 0 Å². The number of piperidine rings is 1. The summed E-state index contributed by atoms with van der Waals surface area (Å²) in [5.41, 5.74) is 0.856. The Labute approximate surface area is 130 Å². The van der Waals surface area contributed by atoms with Gasteiger partial charge in [-0.2, -0.15) is 0 Å². The van der Waals surface area contributed by atoms with Crippen molar-refractivity contribution in [3.63, 3.8) is 0 Å². The highest BCUT2D eigenvalue weighted by Gasteiger charge is 2.18. The van der Waals surface area contributed by atoms with Crippen molar-refractivity contribution in [1.82, 2.24) is 10.2 Å². The first-order valence-corrected chi connectivity index (χ1v) is 7.72. The van der Waals surface area contributed by atoms with Crippen molar-refractivity contribution in [2.45, 2.75) is 31.7 Å². The highest BCUT2D eigenvalue weighted by atomic mass is 35.5. The predicted octanol–water partition coefficient (Wildman–Crippen LogP) is 3.14. The molecule has 0 aliphatic carbocycles. The molecule has 1 fully saturated rings. The van der Waals surface area contributed by atoms with Crippen LogP contribution in [0, 0.1) is 0 Å². The molecule has 0 saturated carbocycles. The van der Waals surface area contributed by atoms with Crippen molar-refractivity contribution in [1.29, 1.82) is 0 Å². The van der Waals surface area contributed by atoms with Crippen molar-refractivity contribution >= 4 is 29.1 Å². The van der Waals surface area contributed by atoms with Crippen LogP contribution in [0.5, 0.6) is 0 Å². The van der Waals surface area contributed by atoms with E-state index in [0.29, 0.717) is 28.9 Å². The number of benzene rings is 1. The molecular formula is C15H20Cl2N2O. The SMILES string of the molecule is CN1CCC(NC(=O)CCc2c(Cl)cccc2Cl)CC1. The van der Waals surface area contributed by atoms with Gasteiger partial charge < -0.3 is 10.2 Å². The molecular weight excluding hydrogens is 295 g/mol. The molecule has 0 bridgehead atoms. The summed E-state index contributed by atoms with van der Waals surface area (Å²) in [6.07, 6.45) is 3.05. The zero-order valence-electron chi connectivity index (χ0n) is 11.7. The maximum Gasteiger partial charge on any atom is 0.220 e. The molecule has 1 N–H and O–H groups in total. The summed E-state index contributed by atoms with van der Waals surface area (Å²) in [6, 6.07) is 5.72. The molecule has 1 aliphatic rings. The van der Waals surface area contributed by atoms with Gasteiger partial charge in [0.2, 0.25) is 5.91 Å². The molecule has 2 rings (SSSR count). The maximum absolute atomic E-state index is 12.0. The van der Waals surface area contributed by atoms with Gasteiger partial charge in [-0.05, 0) is 57.1 Å². The number of hydrogen-bond acceptors (Lipinski definition) is 2. The molecule has 0 radical (unpaired) electrons. The Balaban J connectivity index is 1.80. The Morgan fingerprint density at radius 1 is 1.30 bits per heavy atom. The number of halogens is 2. The summed E-state index contributed by atoms with van der Waals surface area (Å²) in [7, 11) is 2.11. The summed E-state index contributed by atoms with van der Waals surface area (Å²) < 4.78 is 0. The molecule has 5 heteroatoms. The fraction of sp³-hybridized carbons (Fsp3) is 0.533. The molecule has 1 saturated heterocycles. The van der Waals surface area contributed by atoms with Gasteiger partial charge in [0, 0.05) is 22.5 Å². The van der Waals surface area contributed by atoms with Gasteiger partial charge >= 0.3 is 0 Å². The van der Waals surface area contributed by atoms with E-state index < -0.39 is 0 Å². The second-order valence-electron chi connectivity index (χ2n) is 5.35. The van der Waals surface area contributed by atoms with Gasteiger partial charge in [0.1, 0.15) is 0 Å². The smallest absolute Gasteiger partial charge is 0.220 e. The molecule has 1 heterocycles. The minimum Gasteiger partial charge on any atom is -0.353 e. The average Bonchev–Trinajstić information content (AvgIpc) is 2.41. The zero-order valence-corrected chi connectivity index (χ0v) is 13.2. The highest BCUT2D eigenvalue weighted by molar-refractivity contribution is 6.36. The van der Waals surface area contributed by atoms with Crippen molar-refractivity contribution in [2.75, 3.05) is 20.1 Å². The number of likely N-dealkylation sites (tertiary alicyclic amines) is 1. The predicted molar refractivity (Wildman–Crippen MR) is 83.4 cm³/mol. The lowest BCUT2D eigenvalue weighted by atomic mass is 10.0. The molecule has 0 atom stereocenters. The average molecular weight is 315 g/mol. The van der Waals surface area contributed by atoms with Crippen LogP contribution < -0.4 is 5.32 Å². The Bertz CT molecular complexity index is 451. The molecule has 110 valence electrons. The molecule has 0 aromatic heterocycles. The number of nitrogens with one attached hydrogen (secondary N) is 1. The second-order valence-corrected chi connectivity index (χ2v) is 6.16. The first-order chi connectivity index (χ1) is 9.56. The van der Waals surface area contributed by atoms with E-state index in [0.717, 1.165) is 31.5 Å². The monoisotopic (exact) mass is 314 g/mol. The number of carbonyl (C=O) groups excluding carboxylic acids is 1.